The Morgan fingerprint density at radius 1 is 1.25 bits per heavy atom. The van der Waals surface area contributed by atoms with Crippen molar-refractivity contribution in [3.63, 3.8) is 0 Å². The van der Waals surface area contributed by atoms with Gasteiger partial charge in [-0.05, 0) is 44.9 Å². The first-order valence-electron chi connectivity index (χ1n) is 8.48. The minimum atomic E-state index is -0.443. The van der Waals surface area contributed by atoms with Crippen molar-refractivity contribution < 1.29 is 19.1 Å². The van der Waals surface area contributed by atoms with Crippen molar-refractivity contribution in [3.05, 3.63) is 23.8 Å². The summed E-state index contributed by atoms with van der Waals surface area (Å²) < 4.78 is 10.6. The first-order chi connectivity index (χ1) is 11.5. The quantitative estimate of drug-likeness (QED) is 0.616. The molecule has 1 aromatic carbocycles. The molecule has 0 bridgehead atoms. The Hall–Kier alpha value is -2.24. The summed E-state index contributed by atoms with van der Waals surface area (Å²) in [6.45, 7) is 3.44. The highest BCUT2D eigenvalue weighted by molar-refractivity contribution is 5.90. The van der Waals surface area contributed by atoms with Crippen LogP contribution in [0.1, 0.15) is 56.3 Å². The van der Waals surface area contributed by atoms with E-state index in [-0.39, 0.29) is 24.7 Å². The number of carbonyl (C=O) groups excluding carboxylic acids is 2. The summed E-state index contributed by atoms with van der Waals surface area (Å²) in [5.41, 5.74) is 6.58. The Balaban J connectivity index is 1.91. The Morgan fingerprint density at radius 3 is 2.62 bits per heavy atom. The number of nitrogens with two attached hydrogens (primary N) is 1. The van der Waals surface area contributed by atoms with Crippen molar-refractivity contribution in [1.29, 1.82) is 0 Å². The van der Waals surface area contributed by atoms with Gasteiger partial charge >= 0.3 is 5.97 Å². The Kier molecular flexibility index (Phi) is 6.46. The van der Waals surface area contributed by atoms with Gasteiger partial charge in [0.25, 0.3) is 5.91 Å². The standard InChI is InChI=1S/C18H26N2O4/c1-12(2)24-18(22)13-8-9-15(19)16(10-13)23-11-17(21)20-14-6-4-3-5-7-14/h8-10,12,14H,3-7,11,19H2,1-2H3,(H,20,21). The lowest BCUT2D eigenvalue weighted by Gasteiger charge is -2.22. The van der Waals surface area contributed by atoms with Gasteiger partial charge in [0.2, 0.25) is 0 Å². The van der Waals surface area contributed by atoms with Gasteiger partial charge in [0.15, 0.2) is 6.61 Å². The zero-order chi connectivity index (χ0) is 17.5. The Labute approximate surface area is 142 Å². The van der Waals surface area contributed by atoms with Crippen molar-refractivity contribution in [2.75, 3.05) is 12.3 Å². The lowest BCUT2D eigenvalue weighted by atomic mass is 9.95. The third-order valence-electron chi connectivity index (χ3n) is 3.92. The second-order valence-electron chi connectivity index (χ2n) is 6.40. The molecule has 132 valence electrons. The fourth-order valence-corrected chi connectivity index (χ4v) is 2.73. The average molecular weight is 334 g/mol. The highest BCUT2D eigenvalue weighted by atomic mass is 16.5. The van der Waals surface area contributed by atoms with E-state index in [0.717, 1.165) is 25.7 Å². The van der Waals surface area contributed by atoms with Crippen LogP contribution in [0.3, 0.4) is 0 Å². The average Bonchev–Trinajstić information content (AvgIpc) is 2.54. The maximum atomic E-state index is 12.0. The van der Waals surface area contributed by atoms with Crippen molar-refractivity contribution >= 4 is 17.6 Å². The summed E-state index contributed by atoms with van der Waals surface area (Å²) in [7, 11) is 0. The molecule has 2 rings (SSSR count). The molecule has 0 aromatic heterocycles. The van der Waals surface area contributed by atoms with Gasteiger partial charge in [-0.1, -0.05) is 19.3 Å². The molecule has 1 aromatic rings. The molecule has 0 spiro atoms. The molecule has 6 heteroatoms. The summed E-state index contributed by atoms with van der Waals surface area (Å²) in [5.74, 6) is -0.301. The lowest BCUT2D eigenvalue weighted by Crippen LogP contribution is -2.39. The van der Waals surface area contributed by atoms with Crippen LogP contribution in [0.4, 0.5) is 5.69 Å². The second kappa shape index (κ2) is 8.57. The maximum Gasteiger partial charge on any atom is 0.338 e. The molecule has 0 aliphatic heterocycles. The highest BCUT2D eigenvalue weighted by Gasteiger charge is 2.17. The summed E-state index contributed by atoms with van der Waals surface area (Å²) in [5, 5.41) is 2.98. The van der Waals surface area contributed by atoms with Crippen LogP contribution >= 0.6 is 0 Å². The number of carbonyl (C=O) groups is 2. The number of amides is 1. The van der Waals surface area contributed by atoms with Crippen molar-refractivity contribution in [1.82, 2.24) is 5.32 Å². The highest BCUT2D eigenvalue weighted by Crippen LogP contribution is 2.23. The third kappa shape index (κ3) is 5.44. The van der Waals surface area contributed by atoms with Crippen LogP contribution in [-0.4, -0.2) is 30.6 Å². The van der Waals surface area contributed by atoms with Gasteiger partial charge in [0.1, 0.15) is 5.75 Å². The number of hydrogen-bond acceptors (Lipinski definition) is 5. The smallest absolute Gasteiger partial charge is 0.338 e. The van der Waals surface area contributed by atoms with Gasteiger partial charge < -0.3 is 20.5 Å². The van der Waals surface area contributed by atoms with Gasteiger partial charge in [-0.15, -0.1) is 0 Å². The molecule has 1 amide bonds. The molecule has 0 atom stereocenters. The van der Waals surface area contributed by atoms with Gasteiger partial charge in [0, 0.05) is 6.04 Å². The molecule has 0 heterocycles. The first-order valence-corrected chi connectivity index (χ1v) is 8.48. The number of anilines is 1. The van der Waals surface area contributed by atoms with Gasteiger partial charge in [-0.3, -0.25) is 4.79 Å². The van der Waals surface area contributed by atoms with Crippen molar-refractivity contribution in [3.8, 4) is 5.75 Å². The molecule has 24 heavy (non-hydrogen) atoms. The molecule has 1 fully saturated rings. The summed E-state index contributed by atoms with van der Waals surface area (Å²) in [6.07, 6.45) is 5.37. The van der Waals surface area contributed by atoms with Crippen molar-refractivity contribution in [2.45, 2.75) is 58.1 Å². The third-order valence-corrected chi connectivity index (χ3v) is 3.92. The largest absolute Gasteiger partial charge is 0.482 e. The Bertz CT molecular complexity index is 580. The van der Waals surface area contributed by atoms with Crippen LogP contribution in [0, 0.1) is 0 Å². The zero-order valence-electron chi connectivity index (χ0n) is 14.3. The lowest BCUT2D eigenvalue weighted by molar-refractivity contribution is -0.124. The normalized spacial score (nSPS) is 15.1. The zero-order valence-corrected chi connectivity index (χ0v) is 14.3. The van der Waals surface area contributed by atoms with E-state index in [9.17, 15) is 9.59 Å². The SMILES string of the molecule is CC(C)OC(=O)c1ccc(N)c(OCC(=O)NC2CCCCC2)c1. The van der Waals surface area contributed by atoms with Crippen LogP contribution in [0.2, 0.25) is 0 Å². The maximum absolute atomic E-state index is 12.0. The second-order valence-corrected chi connectivity index (χ2v) is 6.40. The van der Waals surface area contributed by atoms with E-state index in [1.54, 1.807) is 26.0 Å². The molecule has 0 radical (unpaired) electrons. The molecular weight excluding hydrogens is 308 g/mol. The minimum Gasteiger partial charge on any atom is -0.482 e. The van der Waals surface area contributed by atoms with Gasteiger partial charge in [-0.2, -0.15) is 0 Å². The molecular formula is C18H26N2O4. The van der Waals surface area contributed by atoms with Crippen LogP contribution in [0.15, 0.2) is 18.2 Å². The fraction of sp³-hybridized carbons (Fsp3) is 0.556. The van der Waals surface area contributed by atoms with E-state index in [1.807, 2.05) is 0 Å². The number of nitrogens with one attached hydrogen (secondary N) is 1. The monoisotopic (exact) mass is 334 g/mol. The minimum absolute atomic E-state index is 0.122. The van der Waals surface area contributed by atoms with Crippen LogP contribution < -0.4 is 15.8 Å². The van der Waals surface area contributed by atoms with E-state index in [0.29, 0.717) is 17.0 Å². The predicted molar refractivity (Wildman–Crippen MR) is 91.9 cm³/mol. The number of rotatable bonds is 6. The van der Waals surface area contributed by atoms with Crippen LogP contribution in [-0.2, 0) is 9.53 Å². The van der Waals surface area contributed by atoms with E-state index in [2.05, 4.69) is 5.32 Å². The predicted octanol–water partition coefficient (Wildman–Crippen LogP) is 2.66. The number of hydrogen-bond donors (Lipinski definition) is 2. The van der Waals surface area contributed by atoms with Crippen LogP contribution in [0.25, 0.3) is 0 Å². The number of esters is 1. The Morgan fingerprint density at radius 2 is 1.96 bits per heavy atom. The fourth-order valence-electron chi connectivity index (χ4n) is 2.73. The molecule has 0 saturated heterocycles. The van der Waals surface area contributed by atoms with E-state index in [1.165, 1.54) is 12.5 Å². The van der Waals surface area contributed by atoms with Gasteiger partial charge in [-0.25, -0.2) is 4.79 Å². The molecule has 6 nitrogen and oxygen atoms in total. The van der Waals surface area contributed by atoms with E-state index in [4.69, 9.17) is 15.2 Å². The van der Waals surface area contributed by atoms with Crippen LogP contribution in [0.5, 0.6) is 5.75 Å². The summed E-state index contributed by atoms with van der Waals surface area (Å²) in [6, 6.07) is 4.90. The topological polar surface area (TPSA) is 90.7 Å². The molecule has 3 N–H and O–H groups in total. The van der Waals surface area contributed by atoms with E-state index < -0.39 is 5.97 Å². The number of ether oxygens (including phenoxy) is 2. The molecule has 0 unspecified atom stereocenters. The first kappa shape index (κ1) is 18.1. The summed E-state index contributed by atoms with van der Waals surface area (Å²) >= 11 is 0. The van der Waals surface area contributed by atoms with E-state index >= 15 is 0 Å². The summed E-state index contributed by atoms with van der Waals surface area (Å²) in [4.78, 5) is 23.9. The number of benzene rings is 1. The molecule has 1 saturated carbocycles. The number of nitrogen functional groups attached to an aromatic ring is 1. The van der Waals surface area contributed by atoms with Crippen molar-refractivity contribution in [2.24, 2.45) is 0 Å². The van der Waals surface area contributed by atoms with Gasteiger partial charge in [0.05, 0.1) is 17.4 Å². The molecule has 1 aliphatic rings. The molecule has 1 aliphatic carbocycles.